The molecule has 0 atom stereocenters. The fraction of sp³-hybridized carbons (Fsp3) is 0.143. The van der Waals surface area contributed by atoms with E-state index >= 15 is 0 Å². The van der Waals surface area contributed by atoms with Crippen LogP contribution in [0.15, 0.2) is 48.5 Å². The van der Waals surface area contributed by atoms with Crippen LogP contribution in [0.5, 0.6) is 11.5 Å². The number of alkyl halides is 2. The Balaban J connectivity index is 2.13. The van der Waals surface area contributed by atoms with Gasteiger partial charge in [-0.05, 0) is 35.4 Å². The van der Waals surface area contributed by atoms with E-state index in [2.05, 4.69) is 50.1 Å². The van der Waals surface area contributed by atoms with Gasteiger partial charge in [0.15, 0.2) is 0 Å². The zero-order valence-electron chi connectivity index (χ0n) is 9.20. The molecule has 0 amide bonds. The lowest BCUT2D eigenvalue weighted by atomic mass is 10.2. The van der Waals surface area contributed by atoms with Crippen LogP contribution in [0.2, 0.25) is 0 Å². The Labute approximate surface area is 118 Å². The number of hydrogen-bond donors (Lipinski definition) is 0. The minimum Gasteiger partial charge on any atom is -0.457 e. The normalized spacial score (nSPS) is 10.2. The molecule has 0 aromatic heterocycles. The minimum absolute atomic E-state index is 0.840. The third kappa shape index (κ3) is 3.58. The molecule has 2 rings (SSSR count). The highest BCUT2D eigenvalue weighted by Crippen LogP contribution is 2.23. The van der Waals surface area contributed by atoms with Crippen LogP contribution < -0.4 is 4.74 Å². The first-order valence-electron chi connectivity index (χ1n) is 5.29. The molecule has 0 aliphatic rings. The van der Waals surface area contributed by atoms with Gasteiger partial charge >= 0.3 is 0 Å². The van der Waals surface area contributed by atoms with Gasteiger partial charge in [0.1, 0.15) is 11.5 Å². The van der Waals surface area contributed by atoms with E-state index in [-0.39, 0.29) is 0 Å². The Morgan fingerprint density at radius 3 is 2.12 bits per heavy atom. The Kier molecular flexibility index (Phi) is 4.63. The topological polar surface area (TPSA) is 9.23 Å². The predicted molar refractivity (Wildman–Crippen MR) is 78.2 cm³/mol. The molecule has 2 aromatic rings. The van der Waals surface area contributed by atoms with Crippen LogP contribution in [-0.2, 0) is 10.7 Å². The highest BCUT2D eigenvalue weighted by molar-refractivity contribution is 9.08. The molecule has 0 unspecified atom stereocenters. The lowest BCUT2D eigenvalue weighted by Gasteiger charge is -2.07. The van der Waals surface area contributed by atoms with Crippen molar-refractivity contribution in [2.75, 3.05) is 0 Å². The van der Waals surface area contributed by atoms with Crippen molar-refractivity contribution in [3.05, 3.63) is 59.7 Å². The molecular formula is C14H12Br2O. The zero-order valence-corrected chi connectivity index (χ0v) is 12.4. The maximum atomic E-state index is 5.78. The van der Waals surface area contributed by atoms with E-state index in [1.54, 1.807) is 0 Å². The fourth-order valence-corrected chi connectivity index (χ4v) is 2.20. The zero-order chi connectivity index (χ0) is 12.1. The largest absolute Gasteiger partial charge is 0.457 e. The Morgan fingerprint density at radius 2 is 1.47 bits per heavy atom. The lowest BCUT2D eigenvalue weighted by Crippen LogP contribution is -1.86. The van der Waals surface area contributed by atoms with Crippen molar-refractivity contribution in [2.45, 2.75) is 10.7 Å². The lowest BCUT2D eigenvalue weighted by molar-refractivity contribution is 0.482. The van der Waals surface area contributed by atoms with E-state index in [0.29, 0.717) is 0 Å². The molecule has 88 valence electrons. The quantitative estimate of drug-likeness (QED) is 0.679. The van der Waals surface area contributed by atoms with Gasteiger partial charge < -0.3 is 4.74 Å². The fourth-order valence-electron chi connectivity index (χ4n) is 1.47. The van der Waals surface area contributed by atoms with Crippen LogP contribution in [0.3, 0.4) is 0 Å². The summed E-state index contributed by atoms with van der Waals surface area (Å²) in [5.74, 6) is 1.73. The minimum atomic E-state index is 0.840. The van der Waals surface area contributed by atoms with E-state index in [4.69, 9.17) is 4.74 Å². The molecule has 2 aromatic carbocycles. The van der Waals surface area contributed by atoms with Crippen molar-refractivity contribution in [3.8, 4) is 11.5 Å². The third-order valence-electron chi connectivity index (χ3n) is 2.37. The number of rotatable bonds is 4. The van der Waals surface area contributed by atoms with Crippen molar-refractivity contribution in [1.29, 1.82) is 0 Å². The van der Waals surface area contributed by atoms with Crippen molar-refractivity contribution >= 4 is 31.9 Å². The molecule has 17 heavy (non-hydrogen) atoms. The van der Waals surface area contributed by atoms with Crippen molar-refractivity contribution in [2.24, 2.45) is 0 Å². The standard InChI is InChI=1S/C14H12Br2O/c15-9-11-4-6-13(7-5-11)17-14-3-1-2-12(8-14)10-16/h1-8H,9-10H2. The van der Waals surface area contributed by atoms with Gasteiger partial charge in [0.2, 0.25) is 0 Å². The molecule has 0 radical (unpaired) electrons. The van der Waals surface area contributed by atoms with E-state index < -0.39 is 0 Å². The molecule has 0 bridgehead atoms. The molecule has 0 saturated carbocycles. The monoisotopic (exact) mass is 354 g/mol. The Bertz CT molecular complexity index is 480. The summed E-state index contributed by atoms with van der Waals surface area (Å²) in [5.41, 5.74) is 2.45. The van der Waals surface area contributed by atoms with E-state index in [1.165, 1.54) is 11.1 Å². The molecule has 0 fully saturated rings. The molecule has 1 nitrogen and oxygen atoms in total. The number of benzene rings is 2. The summed E-state index contributed by atoms with van der Waals surface area (Å²) in [6, 6.07) is 16.1. The predicted octanol–water partition coefficient (Wildman–Crippen LogP) is 5.27. The molecular weight excluding hydrogens is 344 g/mol. The molecule has 0 spiro atoms. The van der Waals surface area contributed by atoms with Crippen LogP contribution in [0.1, 0.15) is 11.1 Å². The van der Waals surface area contributed by atoms with Crippen LogP contribution >= 0.6 is 31.9 Å². The third-order valence-corrected chi connectivity index (χ3v) is 3.66. The van der Waals surface area contributed by atoms with E-state index in [1.807, 2.05) is 30.3 Å². The SMILES string of the molecule is BrCc1ccc(Oc2cccc(CBr)c2)cc1. The summed E-state index contributed by atoms with van der Waals surface area (Å²) < 4.78 is 5.78. The molecule has 0 N–H and O–H groups in total. The highest BCUT2D eigenvalue weighted by Gasteiger charge is 1.98. The summed E-state index contributed by atoms with van der Waals surface area (Å²) in [7, 11) is 0. The van der Waals surface area contributed by atoms with Gasteiger partial charge in [0.05, 0.1) is 0 Å². The molecule has 0 aliphatic carbocycles. The summed E-state index contributed by atoms with van der Waals surface area (Å²) >= 11 is 6.86. The Morgan fingerprint density at radius 1 is 0.765 bits per heavy atom. The average Bonchev–Trinajstić information content (AvgIpc) is 2.40. The van der Waals surface area contributed by atoms with Crippen molar-refractivity contribution in [3.63, 3.8) is 0 Å². The first-order valence-corrected chi connectivity index (χ1v) is 7.54. The van der Waals surface area contributed by atoms with Crippen LogP contribution in [0.25, 0.3) is 0 Å². The van der Waals surface area contributed by atoms with Gasteiger partial charge in [-0.3, -0.25) is 0 Å². The second kappa shape index (κ2) is 6.22. The summed E-state index contributed by atoms with van der Waals surface area (Å²) in [5, 5.41) is 1.71. The second-order valence-corrected chi connectivity index (χ2v) is 4.78. The average molecular weight is 356 g/mol. The maximum Gasteiger partial charge on any atom is 0.127 e. The van der Waals surface area contributed by atoms with Gasteiger partial charge in [-0.25, -0.2) is 0 Å². The van der Waals surface area contributed by atoms with Crippen LogP contribution in [-0.4, -0.2) is 0 Å². The van der Waals surface area contributed by atoms with Gasteiger partial charge in [0.25, 0.3) is 0 Å². The maximum absolute atomic E-state index is 5.78. The Hall–Kier alpha value is -0.800. The molecule has 0 aliphatic heterocycles. The van der Waals surface area contributed by atoms with Gasteiger partial charge in [-0.15, -0.1) is 0 Å². The van der Waals surface area contributed by atoms with Gasteiger partial charge in [-0.2, -0.15) is 0 Å². The molecule has 0 saturated heterocycles. The number of hydrogen-bond acceptors (Lipinski definition) is 1. The number of halogens is 2. The smallest absolute Gasteiger partial charge is 0.127 e. The summed E-state index contributed by atoms with van der Waals surface area (Å²) in [4.78, 5) is 0. The molecule has 0 heterocycles. The van der Waals surface area contributed by atoms with Crippen LogP contribution in [0.4, 0.5) is 0 Å². The van der Waals surface area contributed by atoms with Gasteiger partial charge in [0, 0.05) is 10.7 Å². The van der Waals surface area contributed by atoms with Crippen LogP contribution in [0, 0.1) is 0 Å². The summed E-state index contributed by atoms with van der Waals surface area (Å²) in [6.07, 6.45) is 0. The first kappa shape index (κ1) is 12.7. The van der Waals surface area contributed by atoms with E-state index in [9.17, 15) is 0 Å². The molecule has 3 heteroatoms. The van der Waals surface area contributed by atoms with Crippen molar-refractivity contribution in [1.82, 2.24) is 0 Å². The summed E-state index contributed by atoms with van der Waals surface area (Å²) in [6.45, 7) is 0. The van der Waals surface area contributed by atoms with Crippen molar-refractivity contribution < 1.29 is 4.74 Å². The first-order chi connectivity index (χ1) is 8.31. The second-order valence-electron chi connectivity index (χ2n) is 3.66. The number of ether oxygens (including phenoxy) is 1. The highest BCUT2D eigenvalue weighted by atomic mass is 79.9. The van der Waals surface area contributed by atoms with Gasteiger partial charge in [-0.1, -0.05) is 56.1 Å². The van der Waals surface area contributed by atoms with E-state index in [0.717, 1.165) is 22.2 Å².